The van der Waals surface area contributed by atoms with Crippen LogP contribution in [0.3, 0.4) is 0 Å². The van der Waals surface area contributed by atoms with Crippen LogP contribution in [0.4, 0.5) is 5.69 Å². The molecular formula is C28H29N5O3. The molecule has 1 aromatic heterocycles. The molecule has 2 saturated heterocycles. The summed E-state index contributed by atoms with van der Waals surface area (Å²) in [6.07, 6.45) is 3.03. The Morgan fingerprint density at radius 2 is 1.94 bits per heavy atom. The van der Waals surface area contributed by atoms with E-state index in [1.54, 1.807) is 24.1 Å². The molecular weight excluding hydrogens is 454 g/mol. The lowest BCUT2D eigenvalue weighted by molar-refractivity contribution is -0.128. The quantitative estimate of drug-likeness (QED) is 0.530. The van der Waals surface area contributed by atoms with Crippen molar-refractivity contribution >= 4 is 11.6 Å². The number of hydrogen-bond donors (Lipinski definition) is 0. The summed E-state index contributed by atoms with van der Waals surface area (Å²) in [6, 6.07) is 18.1. The summed E-state index contributed by atoms with van der Waals surface area (Å²) in [5, 5.41) is 9.73. The van der Waals surface area contributed by atoms with Gasteiger partial charge in [-0.15, -0.1) is 0 Å². The van der Waals surface area contributed by atoms with Crippen molar-refractivity contribution < 1.29 is 14.3 Å². The maximum Gasteiger partial charge on any atom is 0.219 e. The summed E-state index contributed by atoms with van der Waals surface area (Å²) >= 11 is 0. The van der Waals surface area contributed by atoms with E-state index < -0.39 is 0 Å². The first-order valence-corrected chi connectivity index (χ1v) is 12.3. The van der Waals surface area contributed by atoms with Crippen molar-refractivity contribution in [3.8, 4) is 23.1 Å². The number of carbonyl (C=O) groups is 1. The zero-order valence-corrected chi connectivity index (χ0v) is 20.4. The molecule has 184 valence electrons. The van der Waals surface area contributed by atoms with Crippen LogP contribution in [0.5, 0.6) is 5.75 Å². The van der Waals surface area contributed by atoms with Crippen molar-refractivity contribution in [2.45, 2.75) is 25.9 Å². The van der Waals surface area contributed by atoms with Crippen LogP contribution in [0.2, 0.25) is 0 Å². The van der Waals surface area contributed by atoms with Gasteiger partial charge in [0, 0.05) is 56.8 Å². The average molecular weight is 484 g/mol. The Balaban J connectivity index is 1.27. The molecule has 2 aliphatic heterocycles. The first-order valence-electron chi connectivity index (χ1n) is 12.3. The molecule has 0 spiro atoms. The van der Waals surface area contributed by atoms with Crippen LogP contribution in [0, 0.1) is 11.3 Å². The van der Waals surface area contributed by atoms with Crippen molar-refractivity contribution in [3.63, 3.8) is 0 Å². The maximum absolute atomic E-state index is 11.6. The summed E-state index contributed by atoms with van der Waals surface area (Å²) in [5.74, 6) is 1.30. The number of likely N-dealkylation sites (tertiary alicyclic amines) is 1. The Labute approximate surface area is 211 Å². The Bertz CT molecular complexity index is 1260. The second-order valence-corrected chi connectivity index (χ2v) is 9.12. The minimum atomic E-state index is -0.105. The van der Waals surface area contributed by atoms with Crippen LogP contribution in [0.1, 0.15) is 30.3 Å². The van der Waals surface area contributed by atoms with Gasteiger partial charge in [0.1, 0.15) is 23.7 Å². The van der Waals surface area contributed by atoms with Crippen LogP contribution < -0.4 is 9.64 Å². The molecule has 1 amide bonds. The lowest BCUT2D eigenvalue weighted by atomic mass is 10.1. The minimum Gasteiger partial charge on any atom is -0.487 e. The molecule has 36 heavy (non-hydrogen) atoms. The predicted molar refractivity (Wildman–Crippen MR) is 136 cm³/mol. The fraction of sp³-hybridized carbons (Fsp3) is 0.357. The molecule has 8 heteroatoms. The van der Waals surface area contributed by atoms with Crippen LogP contribution >= 0.6 is 0 Å². The van der Waals surface area contributed by atoms with Crippen molar-refractivity contribution in [1.82, 2.24) is 14.9 Å². The molecule has 0 radical (unpaired) electrons. The second-order valence-electron chi connectivity index (χ2n) is 9.12. The minimum absolute atomic E-state index is 0.0459. The SMILES string of the molecule is CC(=O)N1CCC(Oc2ccc(-c3ccnc(Cc4ccc(N5CCOCC5)cc4)n3)cc2C#N)C1. The first-order chi connectivity index (χ1) is 17.6. The number of nitriles is 1. The fourth-order valence-corrected chi connectivity index (χ4v) is 4.64. The van der Waals surface area contributed by atoms with Crippen molar-refractivity contribution in [2.24, 2.45) is 0 Å². The molecule has 2 aromatic carbocycles. The number of amides is 1. The number of morpholine rings is 1. The average Bonchev–Trinajstić information content (AvgIpc) is 3.39. The zero-order valence-electron chi connectivity index (χ0n) is 20.4. The number of aromatic nitrogens is 2. The molecule has 3 aromatic rings. The molecule has 5 rings (SSSR count). The first kappa shape index (κ1) is 23.8. The molecule has 2 fully saturated rings. The highest BCUT2D eigenvalue weighted by Crippen LogP contribution is 2.28. The van der Waals surface area contributed by atoms with Crippen LogP contribution in [-0.2, 0) is 16.0 Å². The number of hydrogen-bond acceptors (Lipinski definition) is 7. The van der Waals surface area contributed by atoms with Crippen LogP contribution in [0.25, 0.3) is 11.3 Å². The lowest BCUT2D eigenvalue weighted by Crippen LogP contribution is -2.36. The molecule has 2 aliphatic rings. The molecule has 0 aliphatic carbocycles. The third kappa shape index (κ3) is 5.47. The normalized spacial score (nSPS) is 17.6. The van der Waals surface area contributed by atoms with E-state index in [4.69, 9.17) is 14.5 Å². The van der Waals surface area contributed by atoms with E-state index >= 15 is 0 Å². The third-order valence-corrected chi connectivity index (χ3v) is 6.66. The van der Waals surface area contributed by atoms with Crippen LogP contribution in [0.15, 0.2) is 54.7 Å². The van der Waals surface area contributed by atoms with Gasteiger partial charge < -0.3 is 19.3 Å². The summed E-state index contributed by atoms with van der Waals surface area (Å²) in [5.41, 5.74) is 4.39. The summed E-state index contributed by atoms with van der Waals surface area (Å²) in [7, 11) is 0. The molecule has 1 atom stereocenters. The number of carbonyl (C=O) groups excluding carboxylic acids is 1. The lowest BCUT2D eigenvalue weighted by Gasteiger charge is -2.28. The highest BCUT2D eigenvalue weighted by atomic mass is 16.5. The van der Waals surface area contributed by atoms with Crippen molar-refractivity contribution in [1.29, 1.82) is 5.26 Å². The van der Waals surface area contributed by atoms with Gasteiger partial charge in [-0.3, -0.25) is 4.79 Å². The topological polar surface area (TPSA) is 91.6 Å². The maximum atomic E-state index is 11.6. The van der Waals surface area contributed by atoms with E-state index in [1.807, 2.05) is 18.2 Å². The van der Waals surface area contributed by atoms with Gasteiger partial charge in [0.25, 0.3) is 0 Å². The molecule has 3 heterocycles. The Morgan fingerprint density at radius 3 is 2.67 bits per heavy atom. The molecule has 0 N–H and O–H groups in total. The van der Waals surface area contributed by atoms with Gasteiger partial charge in [0.05, 0.1) is 31.0 Å². The number of nitrogens with zero attached hydrogens (tertiary/aromatic N) is 5. The van der Waals surface area contributed by atoms with E-state index in [2.05, 4.69) is 40.2 Å². The van der Waals surface area contributed by atoms with E-state index in [0.717, 1.165) is 55.4 Å². The fourth-order valence-electron chi connectivity index (χ4n) is 4.64. The summed E-state index contributed by atoms with van der Waals surface area (Å²) in [4.78, 5) is 24.9. The van der Waals surface area contributed by atoms with Gasteiger partial charge in [-0.25, -0.2) is 9.97 Å². The number of ether oxygens (including phenoxy) is 2. The van der Waals surface area contributed by atoms with Gasteiger partial charge >= 0.3 is 0 Å². The monoisotopic (exact) mass is 483 g/mol. The van der Waals surface area contributed by atoms with Gasteiger partial charge in [-0.05, 0) is 42.0 Å². The summed E-state index contributed by atoms with van der Waals surface area (Å²) in [6.45, 7) is 6.15. The molecule has 0 bridgehead atoms. The van der Waals surface area contributed by atoms with Gasteiger partial charge in [-0.1, -0.05) is 12.1 Å². The molecule has 1 unspecified atom stereocenters. The predicted octanol–water partition coefficient (Wildman–Crippen LogP) is 3.44. The van der Waals surface area contributed by atoms with Crippen molar-refractivity contribution in [2.75, 3.05) is 44.3 Å². The molecule has 8 nitrogen and oxygen atoms in total. The Kier molecular flexibility index (Phi) is 7.10. The van der Waals surface area contributed by atoms with Gasteiger partial charge in [0.15, 0.2) is 0 Å². The van der Waals surface area contributed by atoms with E-state index in [0.29, 0.717) is 30.8 Å². The third-order valence-electron chi connectivity index (χ3n) is 6.66. The zero-order chi connectivity index (χ0) is 24.9. The summed E-state index contributed by atoms with van der Waals surface area (Å²) < 4.78 is 11.5. The van der Waals surface area contributed by atoms with E-state index in [9.17, 15) is 10.1 Å². The number of benzene rings is 2. The number of rotatable bonds is 6. The van der Waals surface area contributed by atoms with Crippen molar-refractivity contribution in [3.05, 3.63) is 71.7 Å². The number of anilines is 1. The molecule has 0 saturated carbocycles. The van der Waals surface area contributed by atoms with Gasteiger partial charge in [0.2, 0.25) is 5.91 Å². The Hall–Kier alpha value is -3.96. The van der Waals surface area contributed by atoms with E-state index in [-0.39, 0.29) is 12.0 Å². The van der Waals surface area contributed by atoms with Gasteiger partial charge in [-0.2, -0.15) is 5.26 Å². The second kappa shape index (κ2) is 10.8. The highest BCUT2D eigenvalue weighted by Gasteiger charge is 2.26. The largest absolute Gasteiger partial charge is 0.487 e. The van der Waals surface area contributed by atoms with E-state index in [1.165, 1.54) is 5.69 Å². The Morgan fingerprint density at radius 1 is 1.14 bits per heavy atom. The highest BCUT2D eigenvalue weighted by molar-refractivity contribution is 5.73. The smallest absolute Gasteiger partial charge is 0.219 e. The van der Waals surface area contributed by atoms with Crippen LogP contribution in [-0.4, -0.2) is 66.3 Å². The standard InChI is InChI=1S/C28H29N5O3/c1-20(34)33-11-9-25(19-33)36-27-7-4-22(17-23(27)18-29)26-8-10-30-28(31-26)16-21-2-5-24(6-3-21)32-12-14-35-15-13-32/h2-8,10,17,25H,9,11-16,19H2,1H3.